The summed E-state index contributed by atoms with van der Waals surface area (Å²) in [6, 6.07) is 0. The molecule has 0 saturated carbocycles. The zero-order valence-corrected chi connectivity index (χ0v) is 12.3. The van der Waals surface area contributed by atoms with Gasteiger partial charge in [-0.25, -0.2) is 4.98 Å². The maximum absolute atomic E-state index is 12.3. The third-order valence-electron chi connectivity index (χ3n) is 3.63. The van der Waals surface area contributed by atoms with Crippen molar-refractivity contribution in [3.63, 3.8) is 0 Å². The molecule has 3 rings (SSSR count). The molecule has 1 fully saturated rings. The van der Waals surface area contributed by atoms with Crippen molar-refractivity contribution in [3.8, 4) is 0 Å². The van der Waals surface area contributed by atoms with Gasteiger partial charge in [-0.15, -0.1) is 11.3 Å². The second-order valence-corrected chi connectivity index (χ2v) is 6.19. The van der Waals surface area contributed by atoms with Gasteiger partial charge in [-0.05, 0) is 25.3 Å². The van der Waals surface area contributed by atoms with Crippen molar-refractivity contribution in [2.75, 3.05) is 13.1 Å². The molecule has 0 radical (unpaired) electrons. The number of thiazole rings is 1. The summed E-state index contributed by atoms with van der Waals surface area (Å²) >= 11 is 1.68. The highest BCUT2D eigenvalue weighted by atomic mass is 32.1. The lowest BCUT2D eigenvalue weighted by molar-refractivity contribution is -0.133. The molecule has 0 N–H and O–H groups in total. The first kappa shape index (κ1) is 13.3. The predicted octanol–water partition coefficient (Wildman–Crippen LogP) is 2.05. The van der Waals surface area contributed by atoms with E-state index in [4.69, 9.17) is 0 Å². The Hall–Kier alpha value is -1.69. The van der Waals surface area contributed by atoms with Crippen LogP contribution in [-0.2, 0) is 11.3 Å². The topological polar surface area (TPSA) is 51.0 Å². The summed E-state index contributed by atoms with van der Waals surface area (Å²) < 4.78 is 1.71. The van der Waals surface area contributed by atoms with Crippen LogP contribution in [-0.4, -0.2) is 38.7 Å². The molecule has 0 aliphatic carbocycles. The first-order valence-corrected chi connectivity index (χ1v) is 7.76. The zero-order chi connectivity index (χ0) is 13.9. The number of piperidine rings is 1. The van der Waals surface area contributed by atoms with Gasteiger partial charge < -0.3 is 4.90 Å². The summed E-state index contributed by atoms with van der Waals surface area (Å²) in [6.45, 7) is 3.94. The van der Waals surface area contributed by atoms with E-state index in [1.54, 1.807) is 22.2 Å². The van der Waals surface area contributed by atoms with E-state index < -0.39 is 0 Å². The minimum Gasteiger partial charge on any atom is -0.340 e. The summed E-state index contributed by atoms with van der Waals surface area (Å²) in [5.41, 5.74) is 1.08. The van der Waals surface area contributed by atoms with Crippen LogP contribution in [0, 0.1) is 6.92 Å². The van der Waals surface area contributed by atoms with E-state index in [0.717, 1.165) is 36.5 Å². The van der Waals surface area contributed by atoms with Gasteiger partial charge in [-0.3, -0.25) is 9.48 Å². The van der Waals surface area contributed by atoms with E-state index in [2.05, 4.69) is 10.1 Å². The molecule has 2 aromatic heterocycles. The van der Waals surface area contributed by atoms with E-state index in [1.807, 2.05) is 29.6 Å². The van der Waals surface area contributed by atoms with Crippen molar-refractivity contribution >= 4 is 17.2 Å². The maximum Gasteiger partial charge on any atom is 0.244 e. The average molecular weight is 290 g/mol. The van der Waals surface area contributed by atoms with E-state index in [9.17, 15) is 4.79 Å². The fourth-order valence-electron chi connectivity index (χ4n) is 2.63. The van der Waals surface area contributed by atoms with Crippen molar-refractivity contribution < 1.29 is 4.79 Å². The van der Waals surface area contributed by atoms with Crippen LogP contribution in [0.25, 0.3) is 0 Å². The first-order valence-electron chi connectivity index (χ1n) is 6.88. The number of aromatic nitrogens is 3. The fraction of sp³-hybridized carbons (Fsp3) is 0.500. The van der Waals surface area contributed by atoms with E-state index in [0.29, 0.717) is 12.5 Å². The molecule has 6 heteroatoms. The number of hydrogen-bond donors (Lipinski definition) is 0. The van der Waals surface area contributed by atoms with Crippen LogP contribution in [0.2, 0.25) is 0 Å². The van der Waals surface area contributed by atoms with Crippen molar-refractivity contribution in [3.05, 3.63) is 34.5 Å². The third kappa shape index (κ3) is 2.90. The van der Waals surface area contributed by atoms with Crippen molar-refractivity contribution in [1.29, 1.82) is 0 Å². The van der Waals surface area contributed by atoms with Gasteiger partial charge in [0.1, 0.15) is 6.54 Å². The molecule has 0 spiro atoms. The summed E-state index contributed by atoms with van der Waals surface area (Å²) in [5, 5.41) is 7.33. The highest BCUT2D eigenvalue weighted by Gasteiger charge is 2.26. The molecule has 3 heterocycles. The van der Waals surface area contributed by atoms with Crippen LogP contribution in [0.15, 0.2) is 24.0 Å². The number of nitrogens with zero attached hydrogens (tertiary/aromatic N) is 4. The van der Waals surface area contributed by atoms with Gasteiger partial charge in [0.25, 0.3) is 0 Å². The molecule has 0 aromatic carbocycles. The molecular weight excluding hydrogens is 272 g/mol. The van der Waals surface area contributed by atoms with Crippen LogP contribution in [0.3, 0.4) is 0 Å². The molecule has 0 unspecified atom stereocenters. The summed E-state index contributed by atoms with van der Waals surface area (Å²) in [7, 11) is 0. The minimum atomic E-state index is 0.148. The SMILES string of the molecule is Cc1cnn(CC(=O)N2CCC[C@@H](c3nccs3)C2)c1. The Bertz CT molecular complexity index is 578. The zero-order valence-electron chi connectivity index (χ0n) is 11.5. The second-order valence-electron chi connectivity index (χ2n) is 5.26. The molecular formula is C14H18N4OS. The Labute approximate surface area is 122 Å². The molecule has 1 aliphatic rings. The van der Waals surface area contributed by atoms with Gasteiger partial charge in [0.15, 0.2) is 0 Å². The molecule has 0 bridgehead atoms. The van der Waals surface area contributed by atoms with Crippen molar-refractivity contribution in [2.45, 2.75) is 32.2 Å². The van der Waals surface area contributed by atoms with Gasteiger partial charge in [0.2, 0.25) is 5.91 Å². The molecule has 5 nitrogen and oxygen atoms in total. The molecule has 1 aliphatic heterocycles. The monoisotopic (exact) mass is 290 g/mol. The van der Waals surface area contributed by atoms with E-state index in [-0.39, 0.29) is 5.91 Å². The summed E-state index contributed by atoms with van der Waals surface area (Å²) in [4.78, 5) is 18.7. The van der Waals surface area contributed by atoms with E-state index >= 15 is 0 Å². The van der Waals surface area contributed by atoms with Gasteiger partial charge in [-0.1, -0.05) is 0 Å². The standard InChI is InChI=1S/C14H18N4OS/c1-11-7-16-18(8-11)10-13(19)17-5-2-3-12(9-17)14-15-4-6-20-14/h4,6-8,12H,2-3,5,9-10H2,1H3/t12-/m1/s1. The lowest BCUT2D eigenvalue weighted by atomic mass is 9.99. The number of hydrogen-bond acceptors (Lipinski definition) is 4. The van der Waals surface area contributed by atoms with Gasteiger partial charge in [0, 0.05) is 36.8 Å². The van der Waals surface area contributed by atoms with Crippen molar-refractivity contribution in [2.24, 2.45) is 0 Å². The minimum absolute atomic E-state index is 0.148. The Balaban J connectivity index is 1.63. The van der Waals surface area contributed by atoms with Gasteiger partial charge in [-0.2, -0.15) is 5.10 Å². The molecule has 2 aromatic rings. The Kier molecular flexibility index (Phi) is 3.82. The van der Waals surface area contributed by atoms with Gasteiger partial charge in [0.05, 0.1) is 11.2 Å². The maximum atomic E-state index is 12.3. The molecule has 20 heavy (non-hydrogen) atoms. The predicted molar refractivity (Wildman–Crippen MR) is 77.6 cm³/mol. The van der Waals surface area contributed by atoms with Crippen LogP contribution in [0.5, 0.6) is 0 Å². The first-order chi connectivity index (χ1) is 9.72. The smallest absolute Gasteiger partial charge is 0.244 e. The number of carbonyl (C=O) groups is 1. The number of rotatable bonds is 3. The summed E-state index contributed by atoms with van der Waals surface area (Å²) in [5.74, 6) is 0.543. The van der Waals surface area contributed by atoms with Crippen LogP contribution < -0.4 is 0 Å². The fourth-order valence-corrected chi connectivity index (χ4v) is 3.40. The second kappa shape index (κ2) is 5.75. The molecule has 1 atom stereocenters. The van der Waals surface area contributed by atoms with Crippen LogP contribution in [0.4, 0.5) is 0 Å². The van der Waals surface area contributed by atoms with Gasteiger partial charge >= 0.3 is 0 Å². The lowest BCUT2D eigenvalue weighted by Crippen LogP contribution is -2.40. The normalized spacial score (nSPS) is 19.2. The molecule has 1 amide bonds. The van der Waals surface area contributed by atoms with Crippen LogP contribution in [0.1, 0.15) is 29.3 Å². The summed E-state index contributed by atoms with van der Waals surface area (Å²) in [6.07, 6.45) is 7.70. The van der Waals surface area contributed by atoms with Crippen LogP contribution >= 0.6 is 11.3 Å². The Morgan fingerprint density at radius 1 is 1.55 bits per heavy atom. The highest BCUT2D eigenvalue weighted by Crippen LogP contribution is 2.28. The average Bonchev–Trinajstić information content (AvgIpc) is 3.11. The highest BCUT2D eigenvalue weighted by molar-refractivity contribution is 7.09. The lowest BCUT2D eigenvalue weighted by Gasteiger charge is -2.31. The number of aryl methyl sites for hydroxylation is 1. The largest absolute Gasteiger partial charge is 0.340 e. The third-order valence-corrected chi connectivity index (χ3v) is 4.57. The quantitative estimate of drug-likeness (QED) is 0.869. The van der Waals surface area contributed by atoms with E-state index in [1.165, 1.54) is 0 Å². The Morgan fingerprint density at radius 2 is 2.45 bits per heavy atom. The number of carbonyl (C=O) groups excluding carboxylic acids is 1. The molecule has 106 valence electrons. The Morgan fingerprint density at radius 3 is 3.15 bits per heavy atom. The number of amides is 1. The molecule has 1 saturated heterocycles. The van der Waals surface area contributed by atoms with Crippen molar-refractivity contribution in [1.82, 2.24) is 19.7 Å². The number of likely N-dealkylation sites (tertiary alicyclic amines) is 1.